The lowest BCUT2D eigenvalue weighted by atomic mass is 10.5. The van der Waals surface area contributed by atoms with Crippen LogP contribution in [0.1, 0.15) is 0 Å². The molecule has 0 aromatic carbocycles. The molecule has 1 N–H and O–H groups in total. The van der Waals surface area contributed by atoms with E-state index in [-0.39, 0.29) is 9.92 Å². The summed E-state index contributed by atoms with van der Waals surface area (Å²) < 4.78 is 40.9. The highest BCUT2D eigenvalue weighted by molar-refractivity contribution is 7.90. The van der Waals surface area contributed by atoms with Gasteiger partial charge < -0.3 is 4.55 Å². The molecular weight excluding hydrogens is 214 g/mol. The Kier molecular flexibility index (Phi) is 2.79. The summed E-state index contributed by atoms with van der Waals surface area (Å²) in [6, 6.07) is 2.44. The van der Waals surface area contributed by atoms with E-state index in [9.17, 15) is 12.6 Å². The van der Waals surface area contributed by atoms with Crippen LogP contribution < -0.4 is 0 Å². The Morgan fingerprint density at radius 3 is 2.38 bits per heavy atom. The van der Waals surface area contributed by atoms with Crippen LogP contribution in [0.4, 0.5) is 0 Å². The Labute approximate surface area is 78.0 Å². The zero-order chi connectivity index (χ0) is 10.1. The molecule has 1 heterocycles. The number of hydrogen-bond acceptors (Lipinski definition) is 4. The third-order valence-electron chi connectivity index (χ3n) is 1.29. The average molecular weight is 221 g/mol. The van der Waals surface area contributed by atoms with E-state index in [1.807, 2.05) is 0 Å². The summed E-state index contributed by atoms with van der Waals surface area (Å²) in [7, 11) is -3.34. The maximum atomic E-state index is 10.9. The summed E-state index contributed by atoms with van der Waals surface area (Å²) in [5.41, 5.74) is 0. The van der Waals surface area contributed by atoms with E-state index in [0.29, 0.717) is 0 Å². The van der Waals surface area contributed by atoms with Crippen molar-refractivity contribution in [3.05, 3.63) is 18.3 Å². The first-order valence-electron chi connectivity index (χ1n) is 3.18. The lowest BCUT2D eigenvalue weighted by Crippen LogP contribution is -2.01. The number of sulfone groups is 1. The highest BCUT2D eigenvalue weighted by atomic mass is 32.2. The zero-order valence-electron chi connectivity index (χ0n) is 6.67. The van der Waals surface area contributed by atoms with Crippen molar-refractivity contribution >= 4 is 20.9 Å². The van der Waals surface area contributed by atoms with E-state index < -0.39 is 20.9 Å². The second kappa shape index (κ2) is 3.52. The second-order valence-electron chi connectivity index (χ2n) is 2.35. The maximum absolute atomic E-state index is 10.9. The molecule has 1 aromatic rings. The molecule has 0 bridgehead atoms. The van der Waals surface area contributed by atoms with E-state index >= 15 is 0 Å². The van der Waals surface area contributed by atoms with Crippen molar-refractivity contribution < 1.29 is 17.2 Å². The molecule has 0 aliphatic carbocycles. The van der Waals surface area contributed by atoms with Gasteiger partial charge in [-0.05, 0) is 12.1 Å². The number of nitrogens with zero attached hydrogens (tertiary/aromatic N) is 1. The molecule has 1 rings (SSSR count). The van der Waals surface area contributed by atoms with Crippen LogP contribution in [-0.2, 0) is 20.9 Å². The lowest BCUT2D eigenvalue weighted by Gasteiger charge is -1.97. The molecule has 0 saturated carbocycles. The molecule has 7 heteroatoms. The van der Waals surface area contributed by atoms with E-state index in [1.165, 1.54) is 12.1 Å². The SMILES string of the molecule is CS(=O)(=O)c1ccc(S(=O)O)cn1. The molecule has 0 fully saturated rings. The maximum Gasteiger partial charge on any atom is 0.192 e. The summed E-state index contributed by atoms with van der Waals surface area (Å²) in [4.78, 5) is 3.61. The van der Waals surface area contributed by atoms with Crippen LogP contribution in [0.15, 0.2) is 28.3 Å². The minimum atomic E-state index is -3.34. The molecule has 0 aliphatic heterocycles. The molecule has 0 radical (unpaired) electrons. The monoisotopic (exact) mass is 221 g/mol. The predicted octanol–water partition coefficient (Wildman–Crippen LogP) is 0.0657. The Balaban J connectivity index is 3.16. The molecule has 1 aromatic heterocycles. The lowest BCUT2D eigenvalue weighted by molar-refractivity contribution is 0.563. The van der Waals surface area contributed by atoms with Gasteiger partial charge in [-0.15, -0.1) is 0 Å². The van der Waals surface area contributed by atoms with E-state index in [4.69, 9.17) is 4.55 Å². The largest absolute Gasteiger partial charge is 0.302 e. The van der Waals surface area contributed by atoms with Gasteiger partial charge in [-0.25, -0.2) is 17.6 Å². The Bertz CT molecular complexity index is 422. The zero-order valence-corrected chi connectivity index (χ0v) is 8.30. The van der Waals surface area contributed by atoms with Gasteiger partial charge in [-0.2, -0.15) is 0 Å². The minimum Gasteiger partial charge on any atom is -0.302 e. The summed E-state index contributed by atoms with van der Waals surface area (Å²) in [5, 5.41) is -0.110. The Morgan fingerprint density at radius 2 is 2.08 bits per heavy atom. The molecule has 0 saturated heterocycles. The van der Waals surface area contributed by atoms with Gasteiger partial charge in [0.25, 0.3) is 0 Å². The quantitative estimate of drug-likeness (QED) is 0.714. The Morgan fingerprint density at radius 1 is 1.46 bits per heavy atom. The topological polar surface area (TPSA) is 84.3 Å². The van der Waals surface area contributed by atoms with Crippen molar-refractivity contribution in [2.75, 3.05) is 6.26 Å². The molecule has 1 unspecified atom stereocenters. The van der Waals surface area contributed by atoms with Crippen molar-refractivity contribution in [3.8, 4) is 0 Å². The highest BCUT2D eigenvalue weighted by Crippen LogP contribution is 2.07. The smallest absolute Gasteiger partial charge is 0.192 e. The van der Waals surface area contributed by atoms with Crippen molar-refractivity contribution in [1.82, 2.24) is 4.98 Å². The van der Waals surface area contributed by atoms with Gasteiger partial charge in [-0.3, -0.25) is 0 Å². The predicted molar refractivity (Wildman–Crippen MR) is 46.4 cm³/mol. The Hall–Kier alpha value is -0.790. The first kappa shape index (κ1) is 10.3. The number of rotatable bonds is 2. The van der Waals surface area contributed by atoms with Gasteiger partial charge in [0.05, 0.1) is 4.90 Å². The molecule has 13 heavy (non-hydrogen) atoms. The summed E-state index contributed by atoms with van der Waals surface area (Å²) in [5.74, 6) is 0. The molecule has 0 amide bonds. The normalized spacial score (nSPS) is 14.0. The van der Waals surface area contributed by atoms with Crippen molar-refractivity contribution in [2.45, 2.75) is 9.92 Å². The van der Waals surface area contributed by atoms with Crippen LogP contribution in [-0.4, -0.2) is 28.4 Å². The summed E-state index contributed by atoms with van der Waals surface area (Å²) in [6.07, 6.45) is 2.08. The van der Waals surface area contributed by atoms with Crippen molar-refractivity contribution in [2.24, 2.45) is 0 Å². The van der Waals surface area contributed by atoms with Gasteiger partial charge in [-0.1, -0.05) is 0 Å². The first-order chi connectivity index (χ1) is 5.91. The van der Waals surface area contributed by atoms with Gasteiger partial charge in [0.1, 0.15) is 0 Å². The highest BCUT2D eigenvalue weighted by Gasteiger charge is 2.09. The second-order valence-corrected chi connectivity index (χ2v) is 5.29. The molecular formula is C6H7NO4S2. The molecule has 1 atom stereocenters. The van der Waals surface area contributed by atoms with Crippen molar-refractivity contribution in [3.63, 3.8) is 0 Å². The van der Waals surface area contributed by atoms with E-state index in [1.54, 1.807) is 0 Å². The molecule has 5 nitrogen and oxygen atoms in total. The summed E-state index contributed by atoms with van der Waals surface area (Å²) >= 11 is -2.12. The van der Waals surface area contributed by atoms with Gasteiger partial charge in [0.2, 0.25) is 0 Å². The fourth-order valence-electron chi connectivity index (χ4n) is 0.689. The van der Waals surface area contributed by atoms with Crippen molar-refractivity contribution in [1.29, 1.82) is 0 Å². The van der Waals surface area contributed by atoms with Crippen LogP contribution >= 0.6 is 0 Å². The van der Waals surface area contributed by atoms with Crippen LogP contribution in [0.3, 0.4) is 0 Å². The number of hydrogen-bond donors (Lipinski definition) is 1. The van der Waals surface area contributed by atoms with Gasteiger partial charge in [0.15, 0.2) is 25.9 Å². The van der Waals surface area contributed by atoms with Crippen LogP contribution in [0.25, 0.3) is 0 Å². The molecule has 0 aliphatic rings. The standard InChI is InChI=1S/C6H7NO4S2/c1-13(10,11)6-3-2-5(4-7-6)12(8)9/h2-4H,1H3,(H,8,9). The van der Waals surface area contributed by atoms with E-state index in [2.05, 4.69) is 4.98 Å². The van der Waals surface area contributed by atoms with Gasteiger partial charge >= 0.3 is 0 Å². The van der Waals surface area contributed by atoms with E-state index in [0.717, 1.165) is 12.5 Å². The number of aromatic nitrogens is 1. The van der Waals surface area contributed by atoms with Gasteiger partial charge in [0, 0.05) is 12.5 Å². The molecule has 0 spiro atoms. The fraction of sp³-hybridized carbons (Fsp3) is 0.167. The average Bonchev–Trinajstić information content (AvgIpc) is 2.03. The van der Waals surface area contributed by atoms with Crippen LogP contribution in [0.2, 0.25) is 0 Å². The molecule has 72 valence electrons. The fourth-order valence-corrected chi connectivity index (χ4v) is 1.58. The first-order valence-corrected chi connectivity index (χ1v) is 6.18. The minimum absolute atomic E-state index is 0.0763. The van der Waals surface area contributed by atoms with Crippen LogP contribution in [0.5, 0.6) is 0 Å². The van der Waals surface area contributed by atoms with Crippen LogP contribution in [0, 0.1) is 0 Å². The third-order valence-corrected chi connectivity index (χ3v) is 2.94. The number of pyridine rings is 1. The summed E-state index contributed by atoms with van der Waals surface area (Å²) in [6.45, 7) is 0. The third kappa shape index (κ3) is 2.58.